The largest absolute Gasteiger partial charge is 0.273 e. The third-order valence-electron chi connectivity index (χ3n) is 2.32. The van der Waals surface area contributed by atoms with Crippen LogP contribution in [0, 0.1) is 0 Å². The van der Waals surface area contributed by atoms with Gasteiger partial charge in [0.2, 0.25) is 0 Å². The van der Waals surface area contributed by atoms with E-state index in [9.17, 15) is 8.42 Å². The summed E-state index contributed by atoms with van der Waals surface area (Å²) in [7, 11) is -1.70. The number of aromatic nitrogens is 3. The van der Waals surface area contributed by atoms with Crippen molar-refractivity contribution in [1.29, 1.82) is 0 Å². The van der Waals surface area contributed by atoms with E-state index in [2.05, 4.69) is 14.8 Å². The van der Waals surface area contributed by atoms with Crippen LogP contribution < -0.4 is 4.72 Å². The molecule has 98 valence electrons. The number of aryl methyl sites for hydroxylation is 1. The molecule has 0 radical (unpaired) electrons. The monoisotopic (exact) mass is 306 g/mol. The van der Waals surface area contributed by atoms with Crippen LogP contribution >= 0.6 is 22.9 Å². The van der Waals surface area contributed by atoms with Crippen LogP contribution in [-0.4, -0.2) is 29.7 Å². The maximum atomic E-state index is 11.8. The molecule has 2 heterocycles. The van der Waals surface area contributed by atoms with Crippen molar-refractivity contribution >= 4 is 33.0 Å². The number of sulfonamides is 1. The van der Waals surface area contributed by atoms with Crippen molar-refractivity contribution in [2.45, 2.75) is 10.6 Å². The van der Waals surface area contributed by atoms with Crippen LogP contribution in [0.25, 0.3) is 0 Å². The minimum absolute atomic E-state index is 0.123. The van der Waals surface area contributed by atoms with E-state index in [1.165, 1.54) is 6.20 Å². The zero-order chi connectivity index (χ0) is 13.2. The minimum atomic E-state index is -3.51. The number of nitrogens with one attached hydrogen (secondary N) is 1. The molecule has 2 aromatic rings. The number of nitrogens with zero attached hydrogens (tertiary/aromatic N) is 3. The Morgan fingerprint density at radius 2 is 2.33 bits per heavy atom. The molecule has 0 aliphatic heterocycles. The molecule has 0 aromatic carbocycles. The zero-order valence-electron chi connectivity index (χ0n) is 9.50. The molecule has 6 nitrogen and oxygen atoms in total. The normalized spacial score (nSPS) is 11.9. The van der Waals surface area contributed by atoms with Crippen molar-refractivity contribution < 1.29 is 8.42 Å². The van der Waals surface area contributed by atoms with Gasteiger partial charge in [-0.25, -0.2) is 18.1 Å². The first-order chi connectivity index (χ1) is 8.49. The molecule has 0 saturated carbocycles. The molecule has 0 aliphatic rings. The second-order valence-corrected chi connectivity index (χ2v) is 7.13. The first-order valence-corrected chi connectivity index (χ1v) is 7.75. The fourth-order valence-electron chi connectivity index (χ4n) is 1.39. The molecule has 0 unspecified atom stereocenters. The second-order valence-electron chi connectivity index (χ2n) is 3.53. The predicted octanol–water partition coefficient (Wildman–Crippen LogP) is 1.05. The first kappa shape index (κ1) is 13.5. The summed E-state index contributed by atoms with van der Waals surface area (Å²) in [6, 6.07) is 1.85. The molecule has 9 heteroatoms. The Labute approximate surface area is 114 Å². The molecule has 0 aliphatic carbocycles. The lowest BCUT2D eigenvalue weighted by molar-refractivity contribution is 0.581. The number of rotatable bonds is 5. The molecule has 0 amide bonds. The van der Waals surface area contributed by atoms with Crippen LogP contribution in [0.1, 0.15) is 5.69 Å². The number of hydrogen-bond donors (Lipinski definition) is 1. The molecular formula is C9H11ClN4O2S2. The average Bonchev–Trinajstić information content (AvgIpc) is 2.89. The first-order valence-electron chi connectivity index (χ1n) is 5.07. The Bertz CT molecular complexity index is 635. The summed E-state index contributed by atoms with van der Waals surface area (Å²) >= 11 is 6.54. The van der Waals surface area contributed by atoms with Crippen molar-refractivity contribution in [3.05, 3.63) is 28.6 Å². The van der Waals surface area contributed by atoms with Gasteiger partial charge in [0.25, 0.3) is 10.0 Å². The van der Waals surface area contributed by atoms with Crippen LogP contribution in [0.3, 0.4) is 0 Å². The van der Waals surface area contributed by atoms with Gasteiger partial charge in [0, 0.05) is 31.9 Å². The van der Waals surface area contributed by atoms with Gasteiger partial charge in [-0.05, 0) is 6.07 Å². The molecule has 0 saturated heterocycles. The van der Waals surface area contributed by atoms with Gasteiger partial charge in [0.05, 0.1) is 6.20 Å². The van der Waals surface area contributed by atoms with E-state index < -0.39 is 10.0 Å². The summed E-state index contributed by atoms with van der Waals surface area (Å²) in [5.41, 5.74) is 0.958. The van der Waals surface area contributed by atoms with Crippen molar-refractivity contribution in [3.8, 4) is 0 Å². The lowest BCUT2D eigenvalue weighted by Gasteiger charge is -2.04. The van der Waals surface area contributed by atoms with Crippen LogP contribution in [0.4, 0.5) is 0 Å². The topological polar surface area (TPSA) is 76.9 Å². The fourth-order valence-corrected chi connectivity index (χ4v) is 3.76. The van der Waals surface area contributed by atoms with Gasteiger partial charge in [-0.3, -0.25) is 4.68 Å². The van der Waals surface area contributed by atoms with Crippen LogP contribution in [0.5, 0.6) is 0 Å². The Kier molecular flexibility index (Phi) is 4.00. The van der Waals surface area contributed by atoms with Crippen molar-refractivity contribution in [3.63, 3.8) is 0 Å². The predicted molar refractivity (Wildman–Crippen MR) is 69.2 cm³/mol. The summed E-state index contributed by atoms with van der Waals surface area (Å²) in [6.07, 6.45) is 3.49. The molecule has 2 aromatic heterocycles. The van der Waals surface area contributed by atoms with Crippen LogP contribution in [-0.2, 0) is 23.5 Å². The van der Waals surface area contributed by atoms with Gasteiger partial charge in [-0.2, -0.15) is 5.10 Å². The summed E-state index contributed by atoms with van der Waals surface area (Å²) in [5.74, 6) is 0. The SMILES string of the molecule is Cn1nccc1CCNS(=O)(=O)c1cnc(Cl)s1. The highest BCUT2D eigenvalue weighted by Crippen LogP contribution is 2.21. The zero-order valence-corrected chi connectivity index (χ0v) is 11.9. The average molecular weight is 307 g/mol. The standard InChI is InChI=1S/C9H11ClN4O2S2/c1-14-7(2-4-12-14)3-5-13-18(15,16)8-6-11-9(10)17-8/h2,4,6,13H,3,5H2,1H3. The molecular weight excluding hydrogens is 296 g/mol. The summed E-state index contributed by atoms with van der Waals surface area (Å²) in [4.78, 5) is 3.71. The summed E-state index contributed by atoms with van der Waals surface area (Å²) in [5, 5.41) is 4.01. The Morgan fingerprint density at radius 3 is 2.89 bits per heavy atom. The van der Waals surface area contributed by atoms with Gasteiger partial charge >= 0.3 is 0 Å². The highest BCUT2D eigenvalue weighted by atomic mass is 35.5. The molecule has 0 fully saturated rings. The maximum absolute atomic E-state index is 11.8. The van der Waals surface area contributed by atoms with E-state index in [4.69, 9.17) is 11.6 Å². The van der Waals surface area contributed by atoms with E-state index in [0.29, 0.717) is 13.0 Å². The highest BCUT2D eigenvalue weighted by molar-refractivity contribution is 7.91. The molecule has 2 rings (SSSR count). The number of halogens is 1. The smallest absolute Gasteiger partial charge is 0.251 e. The minimum Gasteiger partial charge on any atom is -0.273 e. The van der Waals surface area contributed by atoms with Crippen molar-refractivity contribution in [1.82, 2.24) is 19.5 Å². The van der Waals surface area contributed by atoms with Crippen LogP contribution in [0.2, 0.25) is 4.47 Å². The summed E-state index contributed by atoms with van der Waals surface area (Å²) in [6.45, 7) is 0.303. The molecule has 0 atom stereocenters. The molecule has 0 bridgehead atoms. The van der Waals surface area contributed by atoms with E-state index in [-0.39, 0.29) is 8.68 Å². The summed E-state index contributed by atoms with van der Waals surface area (Å²) < 4.78 is 28.2. The van der Waals surface area contributed by atoms with Gasteiger partial charge < -0.3 is 0 Å². The number of thiazole rings is 1. The molecule has 18 heavy (non-hydrogen) atoms. The van der Waals surface area contributed by atoms with E-state index in [1.54, 1.807) is 10.9 Å². The van der Waals surface area contributed by atoms with E-state index in [1.807, 2.05) is 13.1 Å². The molecule has 1 N–H and O–H groups in total. The van der Waals surface area contributed by atoms with E-state index >= 15 is 0 Å². The van der Waals surface area contributed by atoms with Gasteiger partial charge in [-0.1, -0.05) is 22.9 Å². The quantitative estimate of drug-likeness (QED) is 0.896. The maximum Gasteiger partial charge on any atom is 0.251 e. The Hall–Kier alpha value is -0.960. The van der Waals surface area contributed by atoms with E-state index in [0.717, 1.165) is 17.0 Å². The highest BCUT2D eigenvalue weighted by Gasteiger charge is 2.16. The third-order valence-corrected chi connectivity index (χ3v) is 5.35. The van der Waals surface area contributed by atoms with Gasteiger partial charge in [0.15, 0.2) is 8.68 Å². The lowest BCUT2D eigenvalue weighted by atomic mass is 10.3. The Morgan fingerprint density at radius 1 is 1.56 bits per heavy atom. The van der Waals surface area contributed by atoms with Gasteiger partial charge in [0.1, 0.15) is 0 Å². The number of hydrogen-bond acceptors (Lipinski definition) is 5. The van der Waals surface area contributed by atoms with Crippen molar-refractivity contribution in [2.75, 3.05) is 6.54 Å². The molecule has 0 spiro atoms. The van der Waals surface area contributed by atoms with Crippen LogP contribution in [0.15, 0.2) is 22.7 Å². The second kappa shape index (κ2) is 5.35. The Balaban J connectivity index is 1.96. The lowest BCUT2D eigenvalue weighted by Crippen LogP contribution is -2.25. The third kappa shape index (κ3) is 3.08. The fraction of sp³-hybridized carbons (Fsp3) is 0.333. The van der Waals surface area contributed by atoms with Crippen molar-refractivity contribution in [2.24, 2.45) is 7.05 Å². The van der Waals surface area contributed by atoms with Gasteiger partial charge in [-0.15, -0.1) is 0 Å².